The number of carbonyl (C=O) groups is 1. The van der Waals surface area contributed by atoms with E-state index in [1.54, 1.807) is 41.4 Å². The number of aromatic nitrogens is 5. The van der Waals surface area contributed by atoms with E-state index in [2.05, 4.69) is 30.5 Å². The van der Waals surface area contributed by atoms with E-state index in [0.29, 0.717) is 27.4 Å². The Balaban J connectivity index is 1.65. The van der Waals surface area contributed by atoms with Gasteiger partial charge in [-0.25, -0.2) is 20.4 Å². The number of nitrogens with zero attached hydrogens (tertiary/aromatic N) is 6. The van der Waals surface area contributed by atoms with Crippen LogP contribution in [0.25, 0.3) is 16.9 Å². The predicted octanol–water partition coefficient (Wildman–Crippen LogP) is 1.91. The van der Waals surface area contributed by atoms with Crippen molar-refractivity contribution in [1.82, 2.24) is 29.9 Å². The normalized spacial score (nSPS) is 11.5. The molecule has 0 fully saturated rings. The fourth-order valence-electron chi connectivity index (χ4n) is 2.54. The summed E-state index contributed by atoms with van der Waals surface area (Å²) < 4.78 is 1.78. The van der Waals surface area contributed by atoms with Crippen molar-refractivity contribution >= 4 is 34.5 Å². The molecule has 0 atom stereocenters. The van der Waals surface area contributed by atoms with Crippen LogP contribution in [0.15, 0.2) is 66.5 Å². The number of fused-ring (bicyclic) bond motifs is 1. The van der Waals surface area contributed by atoms with Crippen molar-refractivity contribution < 1.29 is 4.79 Å². The van der Waals surface area contributed by atoms with Gasteiger partial charge in [0.1, 0.15) is 23.9 Å². The zero-order chi connectivity index (χ0) is 19.5. The number of carbonyl (C=O) groups excluding carboxylic acids is 1. The molecule has 1 aromatic carbocycles. The Morgan fingerprint density at radius 2 is 1.96 bits per heavy atom. The van der Waals surface area contributed by atoms with Gasteiger partial charge in [-0.3, -0.25) is 14.3 Å². The van der Waals surface area contributed by atoms with Gasteiger partial charge in [0.15, 0.2) is 11.5 Å². The predicted molar refractivity (Wildman–Crippen MR) is 104 cm³/mol. The molecule has 0 aliphatic carbocycles. The summed E-state index contributed by atoms with van der Waals surface area (Å²) in [7, 11) is 0. The highest BCUT2D eigenvalue weighted by atomic mass is 35.5. The smallest absolute Gasteiger partial charge is 0.272 e. The summed E-state index contributed by atoms with van der Waals surface area (Å²) in [5.41, 5.74) is 10.9. The maximum Gasteiger partial charge on any atom is 0.272 e. The number of rotatable bonds is 4. The Morgan fingerprint density at radius 1 is 1.14 bits per heavy atom. The van der Waals surface area contributed by atoms with Gasteiger partial charge in [-0.2, -0.15) is 5.10 Å². The molecule has 0 spiro atoms. The van der Waals surface area contributed by atoms with Gasteiger partial charge in [0.2, 0.25) is 0 Å². The number of pyridine rings is 1. The first-order valence-electron chi connectivity index (χ1n) is 8.11. The second kappa shape index (κ2) is 7.41. The molecule has 28 heavy (non-hydrogen) atoms. The molecule has 0 saturated heterocycles. The van der Waals surface area contributed by atoms with Crippen molar-refractivity contribution in [3.05, 3.63) is 77.7 Å². The number of hydrazone groups is 1. The van der Waals surface area contributed by atoms with E-state index in [-0.39, 0.29) is 5.84 Å². The van der Waals surface area contributed by atoms with Crippen LogP contribution in [0.5, 0.6) is 0 Å². The Kier molecular flexibility index (Phi) is 4.65. The van der Waals surface area contributed by atoms with Gasteiger partial charge in [0.25, 0.3) is 5.91 Å². The molecule has 3 aromatic heterocycles. The number of nitrogens with one attached hydrogen (secondary N) is 1. The van der Waals surface area contributed by atoms with Gasteiger partial charge in [-0.05, 0) is 36.4 Å². The van der Waals surface area contributed by atoms with Crippen LogP contribution < -0.4 is 11.2 Å². The highest BCUT2D eigenvalue weighted by Gasteiger charge is 2.14. The number of nitrogens with two attached hydrogens (primary N) is 1. The molecule has 10 heteroatoms. The number of hydrogen-bond acceptors (Lipinski definition) is 6. The van der Waals surface area contributed by atoms with Crippen molar-refractivity contribution in [2.75, 3.05) is 0 Å². The van der Waals surface area contributed by atoms with Crippen LogP contribution in [0.4, 0.5) is 0 Å². The average molecular weight is 393 g/mol. The summed E-state index contributed by atoms with van der Waals surface area (Å²) >= 11 is 5.94. The van der Waals surface area contributed by atoms with Gasteiger partial charge < -0.3 is 5.73 Å². The Hall–Kier alpha value is -3.85. The Morgan fingerprint density at radius 3 is 2.71 bits per heavy atom. The number of halogens is 1. The summed E-state index contributed by atoms with van der Waals surface area (Å²) in [6.07, 6.45) is 5.96. The van der Waals surface area contributed by atoms with Crippen molar-refractivity contribution in [2.24, 2.45) is 10.8 Å². The zero-order valence-electron chi connectivity index (χ0n) is 14.3. The van der Waals surface area contributed by atoms with Crippen molar-refractivity contribution in [3.63, 3.8) is 0 Å². The first-order valence-corrected chi connectivity index (χ1v) is 8.49. The maximum atomic E-state index is 12.1. The molecule has 0 aliphatic rings. The summed E-state index contributed by atoms with van der Waals surface area (Å²) in [5.74, 6) is -0.431. The second-order valence-corrected chi connectivity index (χ2v) is 6.10. The zero-order valence-corrected chi connectivity index (χ0v) is 15.1. The van der Waals surface area contributed by atoms with E-state index in [1.165, 1.54) is 12.5 Å². The van der Waals surface area contributed by atoms with Crippen molar-refractivity contribution in [2.45, 2.75) is 0 Å². The van der Waals surface area contributed by atoms with E-state index in [4.69, 9.17) is 17.3 Å². The summed E-state index contributed by atoms with van der Waals surface area (Å²) in [4.78, 5) is 28.7. The molecular weight excluding hydrogens is 380 g/mol. The Labute approximate surface area is 163 Å². The third-order valence-electron chi connectivity index (χ3n) is 3.88. The molecule has 9 nitrogen and oxygen atoms in total. The Bertz CT molecular complexity index is 1170. The molecule has 3 N–H and O–H groups in total. The van der Waals surface area contributed by atoms with Crippen LogP contribution in [-0.4, -0.2) is 36.2 Å². The fraction of sp³-hybridized carbons (Fsp3) is 0. The number of amidine groups is 1. The first-order chi connectivity index (χ1) is 13.6. The molecule has 0 aliphatic heterocycles. The summed E-state index contributed by atoms with van der Waals surface area (Å²) in [6, 6.07) is 10.5. The van der Waals surface area contributed by atoms with Gasteiger partial charge in [0.05, 0.1) is 5.56 Å². The van der Waals surface area contributed by atoms with Gasteiger partial charge in [-0.15, -0.1) is 0 Å². The lowest BCUT2D eigenvalue weighted by Gasteiger charge is -2.05. The molecule has 0 radical (unpaired) electrons. The van der Waals surface area contributed by atoms with Crippen molar-refractivity contribution in [1.29, 1.82) is 0 Å². The third kappa shape index (κ3) is 3.38. The van der Waals surface area contributed by atoms with Crippen LogP contribution in [-0.2, 0) is 0 Å². The molecular formula is C18H13ClN8O. The molecule has 138 valence electrons. The highest BCUT2D eigenvalue weighted by molar-refractivity contribution is 6.30. The molecule has 0 bridgehead atoms. The minimum Gasteiger partial charge on any atom is -0.380 e. The summed E-state index contributed by atoms with van der Waals surface area (Å²) in [6.45, 7) is 0. The van der Waals surface area contributed by atoms with E-state index in [0.717, 1.165) is 5.69 Å². The number of imidazole rings is 1. The quantitative estimate of drug-likeness (QED) is 0.310. The molecule has 3 heterocycles. The lowest BCUT2D eigenvalue weighted by Crippen LogP contribution is -2.25. The largest absolute Gasteiger partial charge is 0.380 e. The minimum atomic E-state index is -0.437. The first kappa shape index (κ1) is 17.6. The number of amides is 1. The minimum absolute atomic E-state index is 0.00555. The van der Waals surface area contributed by atoms with Gasteiger partial charge in [0, 0.05) is 23.1 Å². The van der Waals surface area contributed by atoms with E-state index in [9.17, 15) is 4.79 Å². The molecule has 4 aromatic rings. The number of hydrogen-bond donors (Lipinski definition) is 2. The van der Waals surface area contributed by atoms with Crippen LogP contribution in [0.2, 0.25) is 5.02 Å². The third-order valence-corrected chi connectivity index (χ3v) is 4.13. The standard InChI is InChI=1S/C18H13ClN8O/c19-12-3-5-13(6-4-12)27-10-24-15-14(22-9-23-17(15)27)16(20)25-26-18(28)11-2-1-7-21-8-11/h1-10H,(H2,20,25)(H,26,28). The topological polar surface area (TPSA) is 124 Å². The summed E-state index contributed by atoms with van der Waals surface area (Å²) in [5, 5.41) is 4.55. The van der Waals surface area contributed by atoms with Crippen LogP contribution in [0, 0.1) is 0 Å². The molecule has 0 unspecified atom stereocenters. The molecule has 0 saturated carbocycles. The van der Waals surface area contributed by atoms with E-state index >= 15 is 0 Å². The van der Waals surface area contributed by atoms with Gasteiger partial charge >= 0.3 is 0 Å². The van der Waals surface area contributed by atoms with Crippen LogP contribution in [0.3, 0.4) is 0 Å². The molecule has 4 rings (SSSR count). The average Bonchev–Trinajstić information content (AvgIpc) is 3.17. The fourth-order valence-corrected chi connectivity index (χ4v) is 2.66. The van der Waals surface area contributed by atoms with Crippen LogP contribution >= 0.6 is 11.6 Å². The van der Waals surface area contributed by atoms with Crippen molar-refractivity contribution in [3.8, 4) is 5.69 Å². The molecule has 1 amide bonds. The number of benzene rings is 1. The SMILES string of the molecule is N/C(=N\NC(=O)c1cccnc1)c1ncnc2c1ncn2-c1ccc(Cl)cc1. The second-order valence-electron chi connectivity index (χ2n) is 5.67. The van der Waals surface area contributed by atoms with E-state index in [1.807, 2.05) is 12.1 Å². The van der Waals surface area contributed by atoms with Crippen LogP contribution in [0.1, 0.15) is 16.1 Å². The van der Waals surface area contributed by atoms with E-state index < -0.39 is 5.91 Å². The highest BCUT2D eigenvalue weighted by Crippen LogP contribution is 2.19. The van der Waals surface area contributed by atoms with Gasteiger partial charge in [-0.1, -0.05) is 11.6 Å². The lowest BCUT2D eigenvalue weighted by molar-refractivity contribution is 0.0954. The monoisotopic (exact) mass is 392 g/mol. The maximum absolute atomic E-state index is 12.1. The lowest BCUT2D eigenvalue weighted by atomic mass is 10.3.